The van der Waals surface area contributed by atoms with Crippen molar-refractivity contribution in [3.8, 4) is 11.5 Å². The molecule has 2 heterocycles. The first-order valence-electron chi connectivity index (χ1n) is 9.76. The number of para-hydroxylation sites is 1. The molecule has 5 heteroatoms. The SMILES string of the molecule is CCCCCCn1c(C)cc(=O)c(C(=O)Nc2ccccc2)c1-c1ccco1. The number of nitrogens with one attached hydrogen (secondary N) is 1. The summed E-state index contributed by atoms with van der Waals surface area (Å²) in [6.45, 7) is 4.80. The zero-order valence-electron chi connectivity index (χ0n) is 16.4. The number of furan rings is 1. The minimum absolute atomic E-state index is 0.111. The Morgan fingerprint density at radius 1 is 1.07 bits per heavy atom. The van der Waals surface area contributed by atoms with Crippen LogP contribution < -0.4 is 10.7 Å². The van der Waals surface area contributed by atoms with E-state index in [-0.39, 0.29) is 11.0 Å². The topological polar surface area (TPSA) is 64.2 Å². The summed E-state index contributed by atoms with van der Waals surface area (Å²) in [5.74, 6) is 0.0967. The van der Waals surface area contributed by atoms with Crippen LogP contribution in [0, 0.1) is 6.92 Å². The number of pyridine rings is 1. The smallest absolute Gasteiger partial charge is 0.261 e. The first-order chi connectivity index (χ1) is 13.6. The van der Waals surface area contributed by atoms with Gasteiger partial charge < -0.3 is 14.3 Å². The van der Waals surface area contributed by atoms with E-state index in [2.05, 4.69) is 12.2 Å². The molecule has 1 aromatic carbocycles. The van der Waals surface area contributed by atoms with Crippen LogP contribution in [0.15, 0.2) is 64.0 Å². The number of nitrogens with zero attached hydrogens (tertiary/aromatic N) is 1. The van der Waals surface area contributed by atoms with Crippen molar-refractivity contribution in [3.63, 3.8) is 0 Å². The van der Waals surface area contributed by atoms with E-state index < -0.39 is 5.91 Å². The average molecular weight is 378 g/mol. The fraction of sp³-hybridized carbons (Fsp3) is 0.304. The molecule has 0 bridgehead atoms. The zero-order chi connectivity index (χ0) is 19.9. The molecule has 0 aliphatic carbocycles. The highest BCUT2D eigenvalue weighted by Gasteiger charge is 2.23. The molecule has 0 unspecified atom stereocenters. The predicted octanol–water partition coefficient (Wildman–Crippen LogP) is 5.25. The van der Waals surface area contributed by atoms with Gasteiger partial charge in [-0.1, -0.05) is 44.4 Å². The number of unbranched alkanes of at least 4 members (excludes halogenated alkanes) is 3. The molecule has 3 rings (SSSR count). The molecule has 28 heavy (non-hydrogen) atoms. The molecule has 0 atom stereocenters. The molecule has 2 aromatic heterocycles. The first-order valence-corrected chi connectivity index (χ1v) is 9.76. The molecule has 0 radical (unpaired) electrons. The first kappa shape index (κ1) is 19.7. The largest absolute Gasteiger partial charge is 0.463 e. The van der Waals surface area contributed by atoms with Crippen molar-refractivity contribution < 1.29 is 9.21 Å². The highest BCUT2D eigenvalue weighted by molar-refractivity contribution is 6.07. The molecule has 0 fully saturated rings. The normalized spacial score (nSPS) is 10.8. The fourth-order valence-corrected chi connectivity index (χ4v) is 3.36. The maximum Gasteiger partial charge on any atom is 0.261 e. The van der Waals surface area contributed by atoms with Gasteiger partial charge in [0.25, 0.3) is 5.91 Å². The second-order valence-electron chi connectivity index (χ2n) is 6.88. The van der Waals surface area contributed by atoms with Gasteiger partial charge in [0, 0.05) is 24.0 Å². The molecular weight excluding hydrogens is 352 g/mol. The number of hydrogen-bond donors (Lipinski definition) is 1. The Labute approximate surface area is 165 Å². The molecule has 3 aromatic rings. The van der Waals surface area contributed by atoms with E-state index in [1.54, 1.807) is 30.5 Å². The molecule has 1 N–H and O–H groups in total. The summed E-state index contributed by atoms with van der Waals surface area (Å²) in [6.07, 6.45) is 5.95. The molecular formula is C23H26N2O3. The van der Waals surface area contributed by atoms with Crippen LogP contribution in [0.25, 0.3) is 11.5 Å². The van der Waals surface area contributed by atoms with Crippen LogP contribution in [0.5, 0.6) is 0 Å². The Kier molecular flexibility index (Phi) is 6.48. The van der Waals surface area contributed by atoms with E-state index in [1.807, 2.05) is 29.7 Å². The minimum Gasteiger partial charge on any atom is -0.463 e. The van der Waals surface area contributed by atoms with Gasteiger partial charge in [-0.3, -0.25) is 9.59 Å². The number of aryl methyl sites for hydroxylation is 1. The molecule has 5 nitrogen and oxygen atoms in total. The zero-order valence-corrected chi connectivity index (χ0v) is 16.4. The van der Waals surface area contributed by atoms with Gasteiger partial charge >= 0.3 is 0 Å². The molecule has 0 aliphatic rings. The van der Waals surface area contributed by atoms with E-state index in [0.717, 1.165) is 37.9 Å². The Hall–Kier alpha value is -3.08. The van der Waals surface area contributed by atoms with E-state index in [4.69, 9.17) is 4.42 Å². The second kappa shape index (κ2) is 9.22. The monoisotopic (exact) mass is 378 g/mol. The van der Waals surface area contributed by atoms with Crippen LogP contribution in [0.4, 0.5) is 5.69 Å². The fourth-order valence-electron chi connectivity index (χ4n) is 3.36. The van der Waals surface area contributed by atoms with Crippen molar-refractivity contribution in [2.75, 3.05) is 5.32 Å². The lowest BCUT2D eigenvalue weighted by Crippen LogP contribution is -2.26. The number of hydrogen-bond acceptors (Lipinski definition) is 3. The molecule has 0 spiro atoms. The summed E-state index contributed by atoms with van der Waals surface area (Å²) in [5, 5.41) is 2.83. The highest BCUT2D eigenvalue weighted by Crippen LogP contribution is 2.25. The Morgan fingerprint density at radius 3 is 2.54 bits per heavy atom. The summed E-state index contributed by atoms with van der Waals surface area (Å²) < 4.78 is 7.62. The van der Waals surface area contributed by atoms with Gasteiger partial charge in [0.05, 0.1) is 6.26 Å². The van der Waals surface area contributed by atoms with Gasteiger partial charge in [0.1, 0.15) is 11.3 Å². The minimum atomic E-state index is -0.426. The van der Waals surface area contributed by atoms with Crippen molar-refractivity contribution in [2.24, 2.45) is 0 Å². The van der Waals surface area contributed by atoms with E-state index >= 15 is 0 Å². The number of benzene rings is 1. The molecule has 1 amide bonds. The molecule has 146 valence electrons. The van der Waals surface area contributed by atoms with Crippen LogP contribution in [0.2, 0.25) is 0 Å². The van der Waals surface area contributed by atoms with Crippen LogP contribution in [-0.2, 0) is 6.54 Å². The van der Waals surface area contributed by atoms with Gasteiger partial charge in [-0.25, -0.2) is 0 Å². The van der Waals surface area contributed by atoms with Crippen molar-refractivity contribution in [3.05, 3.63) is 76.3 Å². The number of carbonyl (C=O) groups excluding carboxylic acids is 1. The number of anilines is 1. The maximum absolute atomic E-state index is 13.0. The van der Waals surface area contributed by atoms with Gasteiger partial charge in [0.15, 0.2) is 11.2 Å². The Bertz CT molecular complexity index is 973. The molecule has 0 aliphatic heterocycles. The second-order valence-corrected chi connectivity index (χ2v) is 6.88. The third kappa shape index (κ3) is 4.42. The van der Waals surface area contributed by atoms with Crippen LogP contribution in [0.1, 0.15) is 48.7 Å². The van der Waals surface area contributed by atoms with Crippen LogP contribution >= 0.6 is 0 Å². The number of carbonyl (C=O) groups is 1. The number of amides is 1. The lowest BCUT2D eigenvalue weighted by Gasteiger charge is -2.19. The van der Waals surface area contributed by atoms with Gasteiger partial charge in [-0.15, -0.1) is 0 Å². The summed E-state index contributed by atoms with van der Waals surface area (Å²) in [6, 6.07) is 14.2. The van der Waals surface area contributed by atoms with Crippen LogP contribution in [0.3, 0.4) is 0 Å². The average Bonchev–Trinajstić information content (AvgIpc) is 3.21. The van der Waals surface area contributed by atoms with E-state index in [9.17, 15) is 9.59 Å². The lowest BCUT2D eigenvalue weighted by atomic mass is 10.1. The standard InChI is InChI=1S/C23H26N2O3/c1-3-4-5-9-14-25-17(2)16-19(26)21(22(25)20-13-10-15-28-20)23(27)24-18-11-7-6-8-12-18/h6-8,10-13,15-16H,3-5,9,14H2,1-2H3,(H,24,27). The summed E-state index contributed by atoms with van der Waals surface area (Å²) in [5.41, 5.74) is 1.82. The van der Waals surface area contributed by atoms with Crippen molar-refractivity contribution in [2.45, 2.75) is 46.1 Å². The maximum atomic E-state index is 13.0. The van der Waals surface area contributed by atoms with Crippen molar-refractivity contribution >= 4 is 11.6 Å². The summed E-state index contributed by atoms with van der Waals surface area (Å²) in [7, 11) is 0. The van der Waals surface area contributed by atoms with Gasteiger partial charge in [-0.2, -0.15) is 0 Å². The molecule has 0 saturated heterocycles. The van der Waals surface area contributed by atoms with Crippen molar-refractivity contribution in [1.29, 1.82) is 0 Å². The van der Waals surface area contributed by atoms with E-state index in [0.29, 0.717) is 17.1 Å². The third-order valence-corrected chi connectivity index (χ3v) is 4.77. The Morgan fingerprint density at radius 2 is 1.86 bits per heavy atom. The summed E-state index contributed by atoms with van der Waals surface area (Å²) >= 11 is 0. The quantitative estimate of drug-likeness (QED) is 0.545. The predicted molar refractivity (Wildman–Crippen MR) is 112 cm³/mol. The van der Waals surface area contributed by atoms with Crippen molar-refractivity contribution in [1.82, 2.24) is 4.57 Å². The Balaban J connectivity index is 2.05. The molecule has 0 saturated carbocycles. The number of rotatable bonds is 8. The van der Waals surface area contributed by atoms with Gasteiger partial charge in [-0.05, 0) is 37.6 Å². The van der Waals surface area contributed by atoms with E-state index in [1.165, 1.54) is 6.07 Å². The number of aromatic nitrogens is 1. The summed E-state index contributed by atoms with van der Waals surface area (Å²) in [4.78, 5) is 25.8. The van der Waals surface area contributed by atoms with Crippen LogP contribution in [-0.4, -0.2) is 10.5 Å². The third-order valence-electron chi connectivity index (χ3n) is 4.77. The lowest BCUT2D eigenvalue weighted by molar-refractivity contribution is 0.102. The highest BCUT2D eigenvalue weighted by atomic mass is 16.3. The van der Waals surface area contributed by atoms with Gasteiger partial charge in [0.2, 0.25) is 0 Å².